The summed E-state index contributed by atoms with van der Waals surface area (Å²) < 4.78 is 11.6. The maximum Gasteiger partial charge on any atom is 0.174 e. The van der Waals surface area contributed by atoms with Gasteiger partial charge in [0.15, 0.2) is 11.5 Å². The summed E-state index contributed by atoms with van der Waals surface area (Å²) in [5, 5.41) is 3.56. The fraction of sp³-hybridized carbons (Fsp3) is 0.571. The fourth-order valence-corrected chi connectivity index (χ4v) is 2.77. The lowest BCUT2D eigenvalue weighted by Crippen LogP contribution is -2.27. The van der Waals surface area contributed by atoms with E-state index in [1.54, 1.807) is 14.2 Å². The van der Waals surface area contributed by atoms with Gasteiger partial charge in [0.2, 0.25) is 0 Å². The summed E-state index contributed by atoms with van der Waals surface area (Å²) >= 11 is 3.51. The van der Waals surface area contributed by atoms with Crippen LogP contribution in [0.25, 0.3) is 0 Å². The van der Waals surface area contributed by atoms with Crippen LogP contribution < -0.4 is 14.8 Å². The maximum absolute atomic E-state index is 5.34. The van der Waals surface area contributed by atoms with E-state index in [-0.39, 0.29) is 0 Å². The van der Waals surface area contributed by atoms with Gasteiger partial charge in [-0.25, -0.2) is 0 Å². The number of nitrogens with one attached hydrogen (secondary N) is 1. The minimum Gasteiger partial charge on any atom is -0.493 e. The Morgan fingerprint density at radius 3 is 2.61 bits per heavy atom. The third-order valence-corrected chi connectivity index (χ3v) is 4.04. The second-order valence-electron chi connectivity index (χ2n) is 4.82. The molecule has 1 saturated carbocycles. The van der Waals surface area contributed by atoms with Gasteiger partial charge in [0.25, 0.3) is 0 Å². The molecule has 1 fully saturated rings. The number of hydrogen-bond acceptors (Lipinski definition) is 3. The summed E-state index contributed by atoms with van der Waals surface area (Å²) in [6.45, 7) is 3.12. The van der Waals surface area contributed by atoms with Crippen molar-refractivity contribution in [2.24, 2.45) is 5.92 Å². The third kappa shape index (κ3) is 3.18. The zero-order valence-electron chi connectivity index (χ0n) is 11.1. The van der Waals surface area contributed by atoms with Crippen LogP contribution >= 0.6 is 15.9 Å². The summed E-state index contributed by atoms with van der Waals surface area (Å²) in [4.78, 5) is 0. The van der Waals surface area contributed by atoms with E-state index in [4.69, 9.17) is 9.47 Å². The van der Waals surface area contributed by atoms with Gasteiger partial charge < -0.3 is 14.8 Å². The molecule has 0 saturated heterocycles. The third-order valence-electron chi connectivity index (χ3n) is 3.45. The van der Waals surface area contributed by atoms with Gasteiger partial charge in [-0.2, -0.15) is 0 Å². The zero-order valence-corrected chi connectivity index (χ0v) is 12.7. The smallest absolute Gasteiger partial charge is 0.174 e. The second kappa shape index (κ2) is 5.93. The van der Waals surface area contributed by atoms with Gasteiger partial charge >= 0.3 is 0 Å². The van der Waals surface area contributed by atoms with Crippen molar-refractivity contribution in [1.82, 2.24) is 5.32 Å². The predicted molar refractivity (Wildman–Crippen MR) is 76.3 cm³/mol. The lowest BCUT2D eigenvalue weighted by Gasteiger charge is -2.15. The summed E-state index contributed by atoms with van der Waals surface area (Å²) in [5.41, 5.74) is 1.20. The van der Waals surface area contributed by atoms with E-state index in [1.807, 2.05) is 6.07 Å². The first kappa shape index (κ1) is 13.7. The molecule has 1 atom stereocenters. The summed E-state index contributed by atoms with van der Waals surface area (Å²) in [6, 6.07) is 4.70. The first-order valence-corrected chi connectivity index (χ1v) is 7.08. The Morgan fingerprint density at radius 2 is 2.06 bits per heavy atom. The van der Waals surface area contributed by atoms with Crippen LogP contribution in [0.4, 0.5) is 0 Å². The van der Waals surface area contributed by atoms with Gasteiger partial charge in [-0.05, 0) is 59.3 Å². The maximum atomic E-state index is 5.34. The molecule has 0 aliphatic heterocycles. The largest absolute Gasteiger partial charge is 0.493 e. The number of hydrogen-bond donors (Lipinski definition) is 1. The molecule has 100 valence electrons. The van der Waals surface area contributed by atoms with Crippen molar-refractivity contribution in [3.8, 4) is 11.5 Å². The molecule has 1 N–H and O–H groups in total. The molecule has 18 heavy (non-hydrogen) atoms. The molecule has 1 aliphatic rings. The van der Waals surface area contributed by atoms with Crippen LogP contribution in [0.5, 0.6) is 11.5 Å². The molecule has 0 radical (unpaired) electrons. The average molecular weight is 314 g/mol. The monoisotopic (exact) mass is 313 g/mol. The predicted octanol–water partition coefficient (Wildman–Crippen LogP) is 3.35. The van der Waals surface area contributed by atoms with Crippen molar-refractivity contribution in [2.45, 2.75) is 32.4 Å². The van der Waals surface area contributed by atoms with Crippen LogP contribution in [0.1, 0.15) is 25.3 Å². The van der Waals surface area contributed by atoms with Crippen LogP contribution in [0.2, 0.25) is 0 Å². The number of halogens is 1. The van der Waals surface area contributed by atoms with Crippen LogP contribution in [-0.4, -0.2) is 20.3 Å². The summed E-state index contributed by atoms with van der Waals surface area (Å²) in [6.07, 6.45) is 2.73. The van der Waals surface area contributed by atoms with Gasteiger partial charge in [0, 0.05) is 12.6 Å². The van der Waals surface area contributed by atoms with Crippen LogP contribution in [0, 0.1) is 5.92 Å². The van der Waals surface area contributed by atoms with Crippen molar-refractivity contribution in [3.05, 3.63) is 22.2 Å². The molecule has 0 spiro atoms. The minimum atomic E-state index is 0.594. The van der Waals surface area contributed by atoms with Crippen molar-refractivity contribution >= 4 is 15.9 Å². The Morgan fingerprint density at radius 1 is 1.33 bits per heavy atom. The highest BCUT2D eigenvalue weighted by atomic mass is 79.9. The van der Waals surface area contributed by atoms with E-state index in [0.29, 0.717) is 6.04 Å². The van der Waals surface area contributed by atoms with Gasteiger partial charge in [-0.3, -0.25) is 0 Å². The van der Waals surface area contributed by atoms with Gasteiger partial charge in [0.1, 0.15) is 0 Å². The lowest BCUT2D eigenvalue weighted by molar-refractivity contribution is 0.352. The SMILES string of the molecule is COc1cc(CNC(C)C2CC2)cc(Br)c1OC. The van der Waals surface area contributed by atoms with Gasteiger partial charge in [-0.15, -0.1) is 0 Å². The van der Waals surface area contributed by atoms with Crippen LogP contribution in [0.3, 0.4) is 0 Å². The van der Waals surface area contributed by atoms with Crippen LogP contribution in [-0.2, 0) is 6.54 Å². The first-order chi connectivity index (χ1) is 8.65. The Kier molecular flexibility index (Phi) is 4.51. The molecule has 1 aromatic carbocycles. The van der Waals surface area contributed by atoms with E-state index in [1.165, 1.54) is 18.4 Å². The molecule has 1 aromatic rings. The quantitative estimate of drug-likeness (QED) is 0.873. The Hall–Kier alpha value is -0.740. The topological polar surface area (TPSA) is 30.5 Å². The first-order valence-electron chi connectivity index (χ1n) is 6.29. The Labute approximate surface area is 117 Å². The van der Waals surface area contributed by atoms with E-state index >= 15 is 0 Å². The number of methoxy groups -OCH3 is 2. The molecule has 3 nitrogen and oxygen atoms in total. The summed E-state index contributed by atoms with van der Waals surface area (Å²) in [7, 11) is 3.31. The van der Waals surface area contributed by atoms with Gasteiger partial charge in [-0.1, -0.05) is 0 Å². The molecule has 0 heterocycles. The second-order valence-corrected chi connectivity index (χ2v) is 5.67. The highest BCUT2D eigenvalue weighted by Gasteiger charge is 2.27. The molecular formula is C14H20BrNO2. The molecular weight excluding hydrogens is 294 g/mol. The minimum absolute atomic E-state index is 0.594. The molecule has 0 aromatic heterocycles. The van der Waals surface area contributed by atoms with E-state index in [0.717, 1.165) is 28.4 Å². The molecule has 2 rings (SSSR count). The van der Waals surface area contributed by atoms with Crippen molar-refractivity contribution in [2.75, 3.05) is 14.2 Å². The number of rotatable bonds is 6. The van der Waals surface area contributed by atoms with E-state index in [9.17, 15) is 0 Å². The lowest BCUT2D eigenvalue weighted by atomic mass is 10.1. The molecule has 0 bridgehead atoms. The molecule has 1 aliphatic carbocycles. The molecule has 0 amide bonds. The van der Waals surface area contributed by atoms with Crippen molar-refractivity contribution in [1.29, 1.82) is 0 Å². The Balaban J connectivity index is 2.05. The highest BCUT2D eigenvalue weighted by molar-refractivity contribution is 9.10. The van der Waals surface area contributed by atoms with Crippen molar-refractivity contribution in [3.63, 3.8) is 0 Å². The normalized spacial score (nSPS) is 16.4. The van der Waals surface area contributed by atoms with E-state index in [2.05, 4.69) is 34.2 Å². The van der Waals surface area contributed by atoms with Crippen LogP contribution in [0.15, 0.2) is 16.6 Å². The van der Waals surface area contributed by atoms with E-state index < -0.39 is 0 Å². The standard InChI is InChI=1S/C14H20BrNO2/c1-9(11-4-5-11)16-8-10-6-12(15)14(18-3)13(7-10)17-2/h6-7,9,11,16H,4-5,8H2,1-3H3. The Bertz CT molecular complexity index is 419. The van der Waals surface area contributed by atoms with Crippen molar-refractivity contribution < 1.29 is 9.47 Å². The average Bonchev–Trinajstić information content (AvgIpc) is 3.19. The number of ether oxygens (including phenoxy) is 2. The summed E-state index contributed by atoms with van der Waals surface area (Å²) in [5.74, 6) is 2.38. The highest BCUT2D eigenvalue weighted by Crippen LogP contribution is 2.36. The molecule has 4 heteroatoms. The zero-order chi connectivity index (χ0) is 13.1. The molecule has 1 unspecified atom stereocenters. The van der Waals surface area contributed by atoms with Gasteiger partial charge in [0.05, 0.1) is 18.7 Å². The fourth-order valence-electron chi connectivity index (χ4n) is 2.12. The number of benzene rings is 1.